The van der Waals surface area contributed by atoms with Gasteiger partial charge in [-0.1, -0.05) is 19.1 Å². The molecule has 0 saturated heterocycles. The Morgan fingerprint density at radius 1 is 1.24 bits per heavy atom. The number of benzene rings is 1. The molecule has 0 amide bonds. The highest BCUT2D eigenvalue weighted by Crippen LogP contribution is 2.24. The van der Waals surface area contributed by atoms with E-state index >= 15 is 0 Å². The third-order valence-corrected chi connectivity index (χ3v) is 3.50. The lowest BCUT2D eigenvalue weighted by Gasteiger charge is -2.18. The van der Waals surface area contributed by atoms with Gasteiger partial charge in [-0.05, 0) is 51.1 Å². The first-order chi connectivity index (χ1) is 10.0. The van der Waals surface area contributed by atoms with Crippen LogP contribution < -0.4 is 10.1 Å². The summed E-state index contributed by atoms with van der Waals surface area (Å²) in [7, 11) is 3.97. The van der Waals surface area contributed by atoms with Gasteiger partial charge in [0.05, 0.1) is 23.5 Å². The summed E-state index contributed by atoms with van der Waals surface area (Å²) in [5.74, 6) is 0.905. The molecule has 1 aromatic heterocycles. The van der Waals surface area contributed by atoms with Crippen molar-refractivity contribution < 1.29 is 4.74 Å². The van der Waals surface area contributed by atoms with Gasteiger partial charge in [0.2, 0.25) is 0 Å². The first-order valence-electron chi connectivity index (χ1n) is 7.51. The zero-order valence-corrected chi connectivity index (χ0v) is 13.6. The lowest BCUT2D eigenvalue weighted by Crippen LogP contribution is -2.20. The van der Waals surface area contributed by atoms with Gasteiger partial charge in [0.1, 0.15) is 5.75 Å². The minimum absolute atomic E-state index is 0.135. The van der Waals surface area contributed by atoms with E-state index < -0.39 is 0 Å². The van der Waals surface area contributed by atoms with Gasteiger partial charge >= 0.3 is 0 Å². The van der Waals surface area contributed by atoms with Crippen LogP contribution in [0, 0.1) is 0 Å². The van der Waals surface area contributed by atoms with Crippen LogP contribution >= 0.6 is 0 Å². The number of nitrogens with zero attached hydrogens (tertiary/aromatic N) is 2. The van der Waals surface area contributed by atoms with Crippen molar-refractivity contribution >= 4 is 0 Å². The smallest absolute Gasteiger partial charge is 0.119 e. The van der Waals surface area contributed by atoms with E-state index in [1.807, 2.05) is 44.8 Å². The molecule has 4 heteroatoms. The molecule has 1 atom stereocenters. The summed E-state index contributed by atoms with van der Waals surface area (Å²) < 4.78 is 7.65. The van der Waals surface area contributed by atoms with Crippen LogP contribution in [0.15, 0.2) is 30.3 Å². The number of ether oxygens (including phenoxy) is 1. The molecule has 114 valence electrons. The second-order valence-electron chi connectivity index (χ2n) is 5.50. The van der Waals surface area contributed by atoms with Crippen LogP contribution in [-0.2, 0) is 13.5 Å². The van der Waals surface area contributed by atoms with Crippen LogP contribution in [0.1, 0.15) is 43.8 Å². The van der Waals surface area contributed by atoms with E-state index in [1.165, 1.54) is 11.3 Å². The van der Waals surface area contributed by atoms with Crippen LogP contribution in [0.5, 0.6) is 5.75 Å². The van der Waals surface area contributed by atoms with Crippen molar-refractivity contribution in [2.45, 2.75) is 39.3 Å². The Kier molecular flexibility index (Phi) is 5.02. The largest absolute Gasteiger partial charge is 0.491 e. The minimum Gasteiger partial charge on any atom is -0.491 e. The normalized spacial score (nSPS) is 12.7. The topological polar surface area (TPSA) is 39.1 Å². The quantitative estimate of drug-likeness (QED) is 0.887. The average molecular weight is 287 g/mol. The summed E-state index contributed by atoms with van der Waals surface area (Å²) in [6.07, 6.45) is 1.14. The Hall–Kier alpha value is -1.81. The van der Waals surface area contributed by atoms with E-state index in [1.54, 1.807) is 0 Å². The van der Waals surface area contributed by atoms with E-state index in [0.717, 1.165) is 17.9 Å². The highest BCUT2D eigenvalue weighted by Gasteiger charge is 2.17. The maximum Gasteiger partial charge on any atom is 0.119 e. The van der Waals surface area contributed by atoms with Crippen LogP contribution in [0.25, 0.3) is 0 Å². The SMILES string of the molecule is CCc1cc(C(NC)c2ccc(OC(C)C)cc2)n(C)n1. The average Bonchev–Trinajstić information content (AvgIpc) is 2.82. The standard InChI is InChI=1S/C17H25N3O/c1-6-14-11-16(20(5)19-14)17(18-4)13-7-9-15(10-8-13)21-12(2)3/h7-12,17-18H,6H2,1-5H3. The fourth-order valence-electron chi connectivity index (χ4n) is 2.48. The van der Waals surface area contributed by atoms with Crippen molar-refractivity contribution in [1.82, 2.24) is 15.1 Å². The molecular weight excluding hydrogens is 262 g/mol. The van der Waals surface area contributed by atoms with Gasteiger partial charge in [-0.15, -0.1) is 0 Å². The predicted octanol–water partition coefficient (Wildman–Crippen LogP) is 3.08. The molecule has 0 aliphatic heterocycles. The van der Waals surface area contributed by atoms with Gasteiger partial charge in [-0.2, -0.15) is 5.10 Å². The number of nitrogens with one attached hydrogen (secondary N) is 1. The zero-order valence-electron chi connectivity index (χ0n) is 13.6. The molecule has 0 aliphatic carbocycles. The minimum atomic E-state index is 0.135. The summed E-state index contributed by atoms with van der Waals surface area (Å²) in [4.78, 5) is 0. The van der Waals surface area contributed by atoms with Crippen LogP contribution in [0.4, 0.5) is 0 Å². The van der Waals surface area contributed by atoms with Crippen molar-refractivity contribution in [1.29, 1.82) is 0 Å². The Morgan fingerprint density at radius 2 is 1.90 bits per heavy atom. The molecule has 2 rings (SSSR count). The van der Waals surface area contributed by atoms with E-state index in [9.17, 15) is 0 Å². The van der Waals surface area contributed by atoms with Gasteiger partial charge in [0.25, 0.3) is 0 Å². The molecule has 0 radical (unpaired) electrons. The molecule has 1 unspecified atom stereocenters. The van der Waals surface area contributed by atoms with E-state index in [-0.39, 0.29) is 12.1 Å². The summed E-state index contributed by atoms with van der Waals surface area (Å²) >= 11 is 0. The van der Waals surface area contributed by atoms with E-state index in [4.69, 9.17) is 4.74 Å². The van der Waals surface area contributed by atoms with Crippen molar-refractivity contribution in [2.24, 2.45) is 7.05 Å². The highest BCUT2D eigenvalue weighted by molar-refractivity contribution is 5.34. The number of aromatic nitrogens is 2. The van der Waals surface area contributed by atoms with Gasteiger partial charge in [-0.25, -0.2) is 0 Å². The number of aryl methyl sites for hydroxylation is 2. The Morgan fingerprint density at radius 3 is 2.38 bits per heavy atom. The van der Waals surface area contributed by atoms with Gasteiger partial charge < -0.3 is 10.1 Å². The summed E-state index contributed by atoms with van der Waals surface area (Å²) in [6.45, 7) is 6.19. The highest BCUT2D eigenvalue weighted by atomic mass is 16.5. The predicted molar refractivity (Wildman–Crippen MR) is 85.7 cm³/mol. The molecule has 2 aromatic rings. The van der Waals surface area contributed by atoms with Crippen LogP contribution in [0.3, 0.4) is 0 Å². The second kappa shape index (κ2) is 6.76. The maximum absolute atomic E-state index is 5.70. The van der Waals surface area contributed by atoms with Gasteiger partial charge in [0, 0.05) is 7.05 Å². The monoisotopic (exact) mass is 287 g/mol. The lowest BCUT2D eigenvalue weighted by molar-refractivity contribution is 0.242. The summed E-state index contributed by atoms with van der Waals surface area (Å²) in [5.41, 5.74) is 3.50. The van der Waals surface area contributed by atoms with Crippen molar-refractivity contribution in [3.63, 3.8) is 0 Å². The zero-order chi connectivity index (χ0) is 15.4. The summed E-state index contributed by atoms with van der Waals surface area (Å²) in [5, 5.41) is 7.90. The molecule has 0 bridgehead atoms. The van der Waals surface area contributed by atoms with Crippen molar-refractivity contribution in [3.05, 3.63) is 47.3 Å². The molecule has 0 saturated carbocycles. The third-order valence-electron chi connectivity index (χ3n) is 3.50. The lowest BCUT2D eigenvalue weighted by atomic mass is 10.0. The fraction of sp³-hybridized carbons (Fsp3) is 0.471. The van der Waals surface area contributed by atoms with E-state index in [2.05, 4.69) is 35.5 Å². The van der Waals surface area contributed by atoms with Gasteiger partial charge in [0.15, 0.2) is 0 Å². The number of hydrogen-bond acceptors (Lipinski definition) is 3. The molecule has 21 heavy (non-hydrogen) atoms. The molecule has 1 N–H and O–H groups in total. The molecule has 4 nitrogen and oxygen atoms in total. The maximum atomic E-state index is 5.70. The van der Waals surface area contributed by atoms with Crippen LogP contribution in [-0.4, -0.2) is 22.9 Å². The molecule has 0 aliphatic rings. The van der Waals surface area contributed by atoms with Crippen molar-refractivity contribution in [3.8, 4) is 5.75 Å². The van der Waals surface area contributed by atoms with Crippen molar-refractivity contribution in [2.75, 3.05) is 7.05 Å². The molecule has 0 fully saturated rings. The number of hydrogen-bond donors (Lipinski definition) is 1. The second-order valence-corrected chi connectivity index (χ2v) is 5.50. The molecule has 0 spiro atoms. The van der Waals surface area contributed by atoms with E-state index in [0.29, 0.717) is 0 Å². The summed E-state index contributed by atoms with van der Waals surface area (Å²) in [6, 6.07) is 10.6. The first-order valence-corrected chi connectivity index (χ1v) is 7.51. The Bertz CT molecular complexity index is 572. The molecule has 1 aromatic carbocycles. The molecular formula is C17H25N3O. The Balaban J connectivity index is 2.26. The molecule has 1 heterocycles. The fourth-order valence-corrected chi connectivity index (χ4v) is 2.48. The number of rotatable bonds is 6. The van der Waals surface area contributed by atoms with Crippen LogP contribution in [0.2, 0.25) is 0 Å². The first kappa shape index (κ1) is 15.6. The Labute approximate surface area is 127 Å². The van der Waals surface area contributed by atoms with Gasteiger partial charge in [-0.3, -0.25) is 4.68 Å². The third kappa shape index (κ3) is 3.64.